The van der Waals surface area contributed by atoms with Crippen LogP contribution in [0.5, 0.6) is 0 Å². The Bertz CT molecular complexity index is 344. The van der Waals surface area contributed by atoms with Crippen molar-refractivity contribution in [2.24, 2.45) is 0 Å². The Morgan fingerprint density at radius 1 is 1.37 bits per heavy atom. The van der Waals surface area contributed by atoms with Crippen LogP contribution >= 0.6 is 0 Å². The van der Waals surface area contributed by atoms with E-state index >= 15 is 0 Å². The Morgan fingerprint density at radius 2 is 1.95 bits per heavy atom. The van der Waals surface area contributed by atoms with Crippen molar-refractivity contribution in [3.8, 4) is 0 Å². The molecule has 2 atom stereocenters. The molecule has 0 bridgehead atoms. The molecule has 0 aromatic carbocycles. The highest BCUT2D eigenvalue weighted by atomic mass is 28.4. The fraction of sp³-hybridized carbons (Fsp3) is 0.786. The Labute approximate surface area is 117 Å². The van der Waals surface area contributed by atoms with Crippen LogP contribution in [0.2, 0.25) is 19.6 Å². The van der Waals surface area contributed by atoms with Gasteiger partial charge in [-0.2, -0.15) is 0 Å². The lowest BCUT2D eigenvalue weighted by Gasteiger charge is -2.27. The first-order chi connectivity index (χ1) is 8.52. The number of hydrogen-bond donors (Lipinski definition) is 0. The molecule has 1 amide bonds. The van der Waals surface area contributed by atoms with Gasteiger partial charge in [0.1, 0.15) is 5.60 Å². The first kappa shape index (κ1) is 16.2. The smallest absolute Gasteiger partial charge is 0.410 e. The summed E-state index contributed by atoms with van der Waals surface area (Å²) in [5, 5.41) is 0. The van der Waals surface area contributed by atoms with Crippen LogP contribution in [0.15, 0.2) is 12.7 Å². The van der Waals surface area contributed by atoms with Crippen LogP contribution in [0, 0.1) is 0 Å². The summed E-state index contributed by atoms with van der Waals surface area (Å²) in [6, 6.07) is 0.0104. The average molecular weight is 285 g/mol. The third-order valence-corrected chi connectivity index (χ3v) is 3.77. The van der Waals surface area contributed by atoms with Gasteiger partial charge in [-0.05, 0) is 46.8 Å². The second-order valence-electron chi connectivity index (χ2n) is 7.02. The zero-order valence-corrected chi connectivity index (χ0v) is 14.0. The minimum Gasteiger partial charge on any atom is -0.444 e. The summed E-state index contributed by atoms with van der Waals surface area (Å²) in [5.41, 5.74) is -0.472. The van der Waals surface area contributed by atoms with Crippen LogP contribution in [0.1, 0.15) is 27.2 Å². The molecular weight excluding hydrogens is 258 g/mol. The molecule has 0 aliphatic carbocycles. The van der Waals surface area contributed by atoms with Crippen molar-refractivity contribution in [2.75, 3.05) is 6.54 Å². The number of rotatable bonds is 3. The quantitative estimate of drug-likeness (QED) is 0.589. The molecule has 4 nitrogen and oxygen atoms in total. The number of nitrogens with zero attached hydrogens (tertiary/aromatic N) is 1. The van der Waals surface area contributed by atoms with Gasteiger partial charge in [0, 0.05) is 6.54 Å². The third kappa shape index (κ3) is 5.36. The van der Waals surface area contributed by atoms with Gasteiger partial charge in [-0.3, -0.25) is 4.90 Å². The van der Waals surface area contributed by atoms with Crippen molar-refractivity contribution in [1.82, 2.24) is 4.90 Å². The van der Waals surface area contributed by atoms with Gasteiger partial charge in [0.15, 0.2) is 8.32 Å². The van der Waals surface area contributed by atoms with Crippen molar-refractivity contribution in [3.05, 3.63) is 12.7 Å². The zero-order chi connectivity index (χ0) is 14.8. The molecule has 0 aromatic heterocycles. The van der Waals surface area contributed by atoms with Gasteiger partial charge in [-0.1, -0.05) is 6.08 Å². The van der Waals surface area contributed by atoms with E-state index in [2.05, 4.69) is 26.2 Å². The van der Waals surface area contributed by atoms with Crippen LogP contribution < -0.4 is 0 Å². The minimum atomic E-state index is -1.59. The molecule has 0 aromatic rings. The van der Waals surface area contributed by atoms with Gasteiger partial charge in [0.25, 0.3) is 0 Å². The molecule has 110 valence electrons. The Kier molecular flexibility index (Phi) is 4.85. The molecule has 0 N–H and O–H groups in total. The molecule has 5 heteroatoms. The lowest BCUT2D eigenvalue weighted by Crippen LogP contribution is -2.40. The number of hydrogen-bond acceptors (Lipinski definition) is 3. The van der Waals surface area contributed by atoms with E-state index in [1.165, 1.54) is 0 Å². The molecule has 2 unspecified atom stereocenters. The summed E-state index contributed by atoms with van der Waals surface area (Å²) in [4.78, 5) is 13.9. The normalized spacial score (nSPS) is 24.4. The molecule has 19 heavy (non-hydrogen) atoms. The summed E-state index contributed by atoms with van der Waals surface area (Å²) < 4.78 is 11.5. The highest BCUT2D eigenvalue weighted by Crippen LogP contribution is 2.25. The Morgan fingerprint density at radius 3 is 2.37 bits per heavy atom. The maximum absolute atomic E-state index is 12.2. The third-order valence-electron chi connectivity index (χ3n) is 2.73. The highest BCUT2D eigenvalue weighted by molar-refractivity contribution is 6.69. The van der Waals surface area contributed by atoms with E-state index in [-0.39, 0.29) is 18.2 Å². The highest BCUT2D eigenvalue weighted by Gasteiger charge is 2.38. The first-order valence-electron chi connectivity index (χ1n) is 6.82. The van der Waals surface area contributed by atoms with E-state index in [1.54, 1.807) is 11.0 Å². The molecule has 0 saturated carbocycles. The summed E-state index contributed by atoms with van der Waals surface area (Å²) in [7, 11) is -1.59. The molecule has 0 radical (unpaired) electrons. The predicted octanol–water partition coefficient (Wildman–Crippen LogP) is 3.40. The van der Waals surface area contributed by atoms with Gasteiger partial charge in [0.2, 0.25) is 0 Å². The largest absolute Gasteiger partial charge is 0.444 e. The first-order valence-corrected chi connectivity index (χ1v) is 10.2. The average Bonchev–Trinajstić information content (AvgIpc) is 2.55. The molecule has 1 rings (SSSR count). The van der Waals surface area contributed by atoms with E-state index in [0.29, 0.717) is 6.54 Å². The molecule has 1 fully saturated rings. The summed E-state index contributed by atoms with van der Waals surface area (Å²) in [5.74, 6) is 0. The number of carbonyl (C=O) groups is 1. The van der Waals surface area contributed by atoms with Crippen LogP contribution in [-0.2, 0) is 9.16 Å². The molecule has 1 heterocycles. The van der Waals surface area contributed by atoms with E-state index in [1.807, 2.05) is 20.8 Å². The van der Waals surface area contributed by atoms with Crippen molar-refractivity contribution in [3.63, 3.8) is 0 Å². The fourth-order valence-corrected chi connectivity index (χ4v) is 3.34. The molecular formula is C14H27NO3Si. The van der Waals surface area contributed by atoms with Gasteiger partial charge < -0.3 is 9.16 Å². The summed E-state index contributed by atoms with van der Waals surface area (Å²) in [6.07, 6.45) is 2.44. The summed E-state index contributed by atoms with van der Waals surface area (Å²) in [6.45, 7) is 16.5. The van der Waals surface area contributed by atoms with Crippen LogP contribution in [0.3, 0.4) is 0 Å². The van der Waals surface area contributed by atoms with Gasteiger partial charge in [-0.15, -0.1) is 6.58 Å². The van der Waals surface area contributed by atoms with Crippen molar-refractivity contribution < 1.29 is 14.0 Å². The SMILES string of the molecule is C=CC1CC(O[Si](C)(C)C)CN1C(=O)OC(C)(C)C. The van der Waals surface area contributed by atoms with Gasteiger partial charge >= 0.3 is 6.09 Å². The van der Waals surface area contributed by atoms with Crippen LogP contribution in [0.25, 0.3) is 0 Å². The topological polar surface area (TPSA) is 38.8 Å². The number of carbonyl (C=O) groups excluding carboxylic acids is 1. The molecule has 1 aliphatic heterocycles. The Balaban J connectivity index is 2.68. The second kappa shape index (κ2) is 5.67. The molecule has 0 spiro atoms. The zero-order valence-electron chi connectivity index (χ0n) is 13.0. The van der Waals surface area contributed by atoms with Crippen LogP contribution in [0.4, 0.5) is 4.79 Å². The second-order valence-corrected chi connectivity index (χ2v) is 11.5. The number of ether oxygens (including phenoxy) is 1. The standard InChI is InChI=1S/C14H27NO3Si/c1-8-11-9-12(18-19(5,6)7)10-15(11)13(16)17-14(2,3)4/h8,11-12H,1,9-10H2,2-7H3. The molecule has 1 saturated heterocycles. The van der Waals surface area contributed by atoms with E-state index in [4.69, 9.17) is 9.16 Å². The number of amides is 1. The van der Waals surface area contributed by atoms with E-state index in [0.717, 1.165) is 6.42 Å². The monoisotopic (exact) mass is 285 g/mol. The minimum absolute atomic E-state index is 0.0104. The molecule has 1 aliphatic rings. The predicted molar refractivity (Wildman–Crippen MR) is 79.8 cm³/mol. The van der Waals surface area contributed by atoms with Crippen molar-refractivity contribution in [2.45, 2.75) is 64.6 Å². The van der Waals surface area contributed by atoms with Crippen molar-refractivity contribution in [1.29, 1.82) is 0 Å². The lowest BCUT2D eigenvalue weighted by molar-refractivity contribution is 0.0238. The maximum Gasteiger partial charge on any atom is 0.410 e. The van der Waals surface area contributed by atoms with Crippen LogP contribution in [-0.4, -0.2) is 43.6 Å². The van der Waals surface area contributed by atoms with Crippen molar-refractivity contribution >= 4 is 14.4 Å². The Hall–Kier alpha value is -0.813. The van der Waals surface area contributed by atoms with E-state index < -0.39 is 13.9 Å². The lowest BCUT2D eigenvalue weighted by atomic mass is 10.2. The van der Waals surface area contributed by atoms with E-state index in [9.17, 15) is 4.79 Å². The fourth-order valence-electron chi connectivity index (χ4n) is 2.17. The van der Waals surface area contributed by atoms with Gasteiger partial charge in [-0.25, -0.2) is 4.79 Å². The number of likely N-dealkylation sites (tertiary alicyclic amines) is 1. The van der Waals surface area contributed by atoms with Gasteiger partial charge in [0.05, 0.1) is 12.1 Å². The maximum atomic E-state index is 12.2. The summed E-state index contributed by atoms with van der Waals surface area (Å²) >= 11 is 0.